The van der Waals surface area contributed by atoms with Crippen molar-refractivity contribution >= 4 is 29.6 Å². The van der Waals surface area contributed by atoms with Crippen LogP contribution in [-0.2, 0) is 158 Å². The van der Waals surface area contributed by atoms with Gasteiger partial charge in [-0.05, 0) is 67.1 Å². The second-order valence-electron chi connectivity index (χ2n) is 33.3. The van der Waals surface area contributed by atoms with Crippen LogP contribution in [0.25, 0.3) is 0 Å². The molecule has 1 amide bonds. The topological polar surface area (TPSA) is 291 Å². The van der Waals surface area contributed by atoms with Crippen molar-refractivity contribution in [3.63, 3.8) is 0 Å². The van der Waals surface area contributed by atoms with Gasteiger partial charge in [0.2, 0.25) is 5.91 Å². The fourth-order valence-electron chi connectivity index (χ4n) is 16.4. The van der Waals surface area contributed by atoms with Gasteiger partial charge in [-0.3, -0.25) is 14.4 Å². The summed E-state index contributed by atoms with van der Waals surface area (Å²) in [5.41, 5.74) is 5.51. The molecule has 0 unspecified atom stereocenters. The van der Waals surface area contributed by atoms with Crippen LogP contribution in [0, 0.1) is 5.41 Å². The Kier molecular flexibility index (Phi) is 30.7. The van der Waals surface area contributed by atoms with E-state index in [0.717, 1.165) is 27.8 Å². The number of hydrogen-bond acceptors (Lipinski definition) is 26. The fraction of sp³-hybridized carbons (Fsp3) is 0.410. The van der Waals surface area contributed by atoms with Crippen molar-refractivity contribution in [3.8, 4) is 0 Å². The number of rotatable bonds is 34. The van der Waals surface area contributed by atoms with Crippen LogP contribution in [0.4, 0.5) is 0 Å². The minimum atomic E-state index is -1.65. The molecular weight excluding hydrogens is 1630 g/mol. The Bertz CT molecular complexity index is 4970. The summed E-state index contributed by atoms with van der Waals surface area (Å²) >= 11 is 0. The molecule has 0 saturated carbocycles. The average molecular weight is 1740 g/mol. The molecule has 1 N–H and O–H groups in total. The van der Waals surface area contributed by atoms with Crippen LogP contribution in [0.1, 0.15) is 127 Å². The van der Waals surface area contributed by atoms with Crippen molar-refractivity contribution in [2.45, 2.75) is 229 Å². The summed E-state index contributed by atoms with van der Waals surface area (Å²) in [5.74, 6) is -2.79. The molecule has 0 radical (unpaired) electrons. The second kappa shape index (κ2) is 43.3. The highest BCUT2D eigenvalue weighted by Crippen LogP contribution is 2.45. The number of carbonyl (C=O) groups is 5. The lowest BCUT2D eigenvalue weighted by Crippen LogP contribution is -2.71. The minimum Gasteiger partial charge on any atom is -0.457 e. The molecule has 0 aromatic heterocycles. The molecule has 0 bridgehead atoms. The van der Waals surface area contributed by atoms with Crippen LogP contribution in [0.2, 0.25) is 0 Å². The van der Waals surface area contributed by atoms with E-state index < -0.39 is 177 Å². The van der Waals surface area contributed by atoms with Gasteiger partial charge in [0.15, 0.2) is 56.2 Å². The fourth-order valence-corrected chi connectivity index (χ4v) is 16.4. The van der Waals surface area contributed by atoms with E-state index in [2.05, 4.69) is 5.32 Å². The normalized spacial score (nSPS) is 29.3. The summed E-state index contributed by atoms with van der Waals surface area (Å²) in [6.07, 6.45) is -27.8. The summed E-state index contributed by atoms with van der Waals surface area (Å²) in [6, 6.07) is 80.8. The number of nitrogens with one attached hydrogen (secondary N) is 1. The Morgan fingerprint density at radius 2 is 0.740 bits per heavy atom. The first-order valence-corrected chi connectivity index (χ1v) is 43.2. The van der Waals surface area contributed by atoms with E-state index >= 15 is 0 Å². The molecule has 668 valence electrons. The van der Waals surface area contributed by atoms with Crippen molar-refractivity contribution in [2.24, 2.45) is 5.41 Å². The largest absolute Gasteiger partial charge is 0.457 e. The molecule has 0 spiro atoms. The standard InChI is InChI=1S/C100H107NO26/c1-62(102)50-51-78(104)121-89-86(109-54-66-36-18-8-19-37-66)82-76(60-114-93(123-82)70-44-26-12-27-45-70)119-97(89)126-90-87(110-55-67-38-20-9-21-39-67)83-77(61-115-94(124-83)71-46-28-13-29-47-71)120-98(90)125-84-79(101-63(2)103)95(117-75-59-113-92(122-81(75)84)69-42-24-11-25-43-69)116-58-74-80(107-52-64-32-14-6-15-33-64)85(108-53-65-34-16-7-17-35-65)88(127-99(106)100(3,4)5)96(118-74)112-57-72-48-30-31-49-73(72)91(105)111-56-68-40-22-10-23-41-68/h6-49,74-77,79-90,92-98H,50-61H2,1-5H3,(H,101,103)/t74-,75-,76-,77-,79-,80-,81-,82-,83-,84-,85+,86+,87+,88+,89+,90+,92-,93-,94-,95+,96+,97-,98+/m1/s1. The molecule has 0 aliphatic carbocycles. The number of carbonyl (C=O) groups excluding carboxylic acids is 5. The summed E-state index contributed by atoms with van der Waals surface area (Å²) in [5, 5.41) is 3.16. The number of hydrogen-bond donors (Lipinski definition) is 1. The molecule has 7 saturated heterocycles. The number of esters is 3. The van der Waals surface area contributed by atoms with Gasteiger partial charge in [-0.2, -0.15) is 0 Å². The van der Waals surface area contributed by atoms with E-state index in [-0.39, 0.29) is 83.7 Å². The Morgan fingerprint density at radius 3 is 1.20 bits per heavy atom. The Hall–Kier alpha value is -10.2. The van der Waals surface area contributed by atoms with Crippen LogP contribution >= 0.6 is 0 Å². The van der Waals surface area contributed by atoms with Gasteiger partial charge in [0.25, 0.3) is 0 Å². The smallest absolute Gasteiger partial charge is 0.338 e. The first-order chi connectivity index (χ1) is 62.0. The van der Waals surface area contributed by atoms with E-state index in [1.807, 2.05) is 243 Å². The van der Waals surface area contributed by atoms with Crippen molar-refractivity contribution < 1.29 is 123 Å². The van der Waals surface area contributed by atoms with Gasteiger partial charge in [-0.15, -0.1) is 0 Å². The highest BCUT2D eigenvalue weighted by atomic mass is 16.8. The van der Waals surface area contributed by atoms with Crippen molar-refractivity contribution in [1.29, 1.82) is 0 Å². The maximum Gasteiger partial charge on any atom is 0.338 e. The summed E-state index contributed by atoms with van der Waals surface area (Å²) < 4.78 is 147. The second-order valence-corrected chi connectivity index (χ2v) is 33.3. The van der Waals surface area contributed by atoms with Gasteiger partial charge in [0.05, 0.1) is 76.9 Å². The number of fused-ring (bicyclic) bond motifs is 3. The molecule has 7 aliphatic rings. The first kappa shape index (κ1) is 90.2. The highest BCUT2D eigenvalue weighted by molar-refractivity contribution is 5.91. The third-order valence-corrected chi connectivity index (χ3v) is 22.9. The Morgan fingerprint density at radius 1 is 0.354 bits per heavy atom. The number of ether oxygens (including phenoxy) is 21. The number of amides is 1. The Labute approximate surface area is 737 Å². The van der Waals surface area contributed by atoms with Crippen LogP contribution in [0.5, 0.6) is 0 Å². The number of Topliss-reactive ketones (excluding diaryl/α,β-unsaturated/α-hetero) is 1. The summed E-state index contributed by atoms with van der Waals surface area (Å²) in [4.78, 5) is 70.9. The molecular formula is C100H107NO26. The molecule has 127 heavy (non-hydrogen) atoms. The quantitative estimate of drug-likeness (QED) is 0.0289. The van der Waals surface area contributed by atoms with Crippen molar-refractivity contribution in [2.75, 3.05) is 26.4 Å². The molecule has 9 aromatic carbocycles. The molecule has 7 heterocycles. The van der Waals surface area contributed by atoms with Gasteiger partial charge in [0.1, 0.15) is 97.8 Å². The predicted molar refractivity (Wildman–Crippen MR) is 454 cm³/mol. The van der Waals surface area contributed by atoms with Crippen molar-refractivity contribution in [1.82, 2.24) is 5.32 Å². The molecule has 23 atom stereocenters. The lowest BCUT2D eigenvalue weighted by molar-refractivity contribution is -0.423. The molecule has 27 heteroatoms. The molecule has 9 aromatic rings. The molecule has 7 aliphatic heterocycles. The van der Waals surface area contributed by atoms with Crippen molar-refractivity contribution in [3.05, 3.63) is 323 Å². The van der Waals surface area contributed by atoms with Gasteiger partial charge in [-0.25, -0.2) is 4.79 Å². The molecule has 16 rings (SSSR count). The van der Waals surface area contributed by atoms with Crippen LogP contribution in [0.15, 0.2) is 267 Å². The third kappa shape index (κ3) is 23.3. The Balaban J connectivity index is 0.793. The number of ketones is 1. The zero-order valence-electron chi connectivity index (χ0n) is 71.3. The van der Waals surface area contributed by atoms with Gasteiger partial charge < -0.3 is 110 Å². The maximum absolute atomic E-state index is 14.7. The average Bonchev–Trinajstić information content (AvgIpc) is 0.765. The van der Waals surface area contributed by atoms with E-state index in [0.29, 0.717) is 22.3 Å². The molecule has 7 fully saturated rings. The van der Waals surface area contributed by atoms with Crippen LogP contribution in [0.3, 0.4) is 0 Å². The van der Waals surface area contributed by atoms with Gasteiger partial charge in [0, 0.05) is 30.0 Å². The maximum atomic E-state index is 14.7. The minimum absolute atomic E-state index is 0.000303. The zero-order valence-corrected chi connectivity index (χ0v) is 71.3. The lowest BCUT2D eigenvalue weighted by atomic mass is 9.93. The van der Waals surface area contributed by atoms with E-state index in [4.69, 9.17) is 99.5 Å². The van der Waals surface area contributed by atoms with Gasteiger partial charge >= 0.3 is 17.9 Å². The van der Waals surface area contributed by atoms with E-state index in [1.165, 1.54) is 13.8 Å². The SMILES string of the molecule is CC(=O)CCC(=O)O[C@@H]1[C@@H](O[C@@H]2[C@H](O[C@@H]3[C@@H](NC(C)=O)[C@@H](OC[C@H]4O[C@H](OCc5ccccc5C(=O)OCc5ccccc5)[C@@H](OC(=O)C(C)(C)C)[C@@H](OCc5ccccc5)[C@@H]4OCc4ccccc4)O[C@@H]4CO[C@@H](c5ccccc5)O[C@@H]34)O[C@@H]3CO[C@@H](c4ccccc4)O[C@H]3[C@@H]2OCc2ccccc2)O[C@@H]2CO[C@@H](c3ccccc3)O[C@H]2[C@@H]1OCc1ccccc1. The van der Waals surface area contributed by atoms with Gasteiger partial charge in [-0.1, -0.05) is 261 Å². The summed E-state index contributed by atoms with van der Waals surface area (Å²) in [6.45, 7) is 6.87. The van der Waals surface area contributed by atoms with E-state index in [9.17, 15) is 24.0 Å². The number of benzene rings is 9. The van der Waals surface area contributed by atoms with Crippen LogP contribution < -0.4 is 5.32 Å². The predicted octanol–water partition coefficient (Wildman–Crippen LogP) is 13.7. The van der Waals surface area contributed by atoms with Crippen LogP contribution in [-0.4, -0.2) is 179 Å². The monoisotopic (exact) mass is 1740 g/mol. The molecule has 27 nitrogen and oxygen atoms in total. The third-order valence-electron chi connectivity index (χ3n) is 22.9. The highest BCUT2D eigenvalue weighted by Gasteiger charge is 2.61. The van der Waals surface area contributed by atoms with E-state index in [1.54, 1.807) is 45.0 Å². The summed E-state index contributed by atoms with van der Waals surface area (Å²) in [7, 11) is 0. The first-order valence-electron chi connectivity index (χ1n) is 43.2. The lowest BCUT2D eigenvalue weighted by Gasteiger charge is -2.54. The zero-order chi connectivity index (χ0) is 87.6.